The summed E-state index contributed by atoms with van der Waals surface area (Å²) in [5.74, 6) is 0.719. The Bertz CT molecular complexity index is 239. The molecule has 0 radical (unpaired) electrons. The highest BCUT2D eigenvalue weighted by molar-refractivity contribution is 8.77. The minimum Gasteiger partial charge on any atom is -0.481 e. The van der Waals surface area contributed by atoms with E-state index in [-0.39, 0.29) is 11.4 Å². The normalized spacial score (nSPS) is 20.3. The van der Waals surface area contributed by atoms with E-state index < -0.39 is 5.97 Å². The largest absolute Gasteiger partial charge is 0.481 e. The van der Waals surface area contributed by atoms with E-state index in [1.165, 1.54) is 25.0 Å². The number of carboxylic acid groups (broad SMARTS) is 1. The smallest absolute Gasteiger partial charge is 0.300 e. The lowest BCUT2D eigenvalue weighted by atomic mass is 10.0. The van der Waals surface area contributed by atoms with Crippen LogP contribution in [0.5, 0.6) is 0 Å². The van der Waals surface area contributed by atoms with E-state index in [1.54, 1.807) is 0 Å². The average molecular weight is 296 g/mol. The Hall–Kier alpha value is 0.270. The summed E-state index contributed by atoms with van der Waals surface area (Å²) in [6, 6.07) is 0. The summed E-state index contributed by atoms with van der Waals surface area (Å²) >= 11 is 0. The first-order chi connectivity index (χ1) is 7.93. The summed E-state index contributed by atoms with van der Waals surface area (Å²) < 4.78 is 0. The fourth-order valence-electron chi connectivity index (χ4n) is 1.36. The molecule has 3 nitrogen and oxygen atoms in total. The van der Waals surface area contributed by atoms with E-state index in [2.05, 4.69) is 9.24 Å². The van der Waals surface area contributed by atoms with Crippen molar-refractivity contribution in [2.45, 2.75) is 44.8 Å². The summed E-state index contributed by atoms with van der Waals surface area (Å²) in [7, 11) is 6.30. The number of hydrogen-bond acceptors (Lipinski definition) is 4. The van der Waals surface area contributed by atoms with Crippen LogP contribution < -0.4 is 0 Å². The molecular weight excluding hydrogens is 275 g/mol. The molecule has 17 heavy (non-hydrogen) atoms. The predicted octanol–water partition coefficient (Wildman–Crippen LogP) is 3.44. The molecule has 1 N–H and O–H groups in total. The molecule has 1 heterocycles. The van der Waals surface area contributed by atoms with E-state index in [1.807, 2.05) is 28.5 Å². The highest BCUT2D eigenvalue weighted by atomic mass is 33.1. The quantitative estimate of drug-likeness (QED) is 0.622. The lowest BCUT2D eigenvalue weighted by Gasteiger charge is -2.09. The van der Waals surface area contributed by atoms with E-state index in [4.69, 9.17) is 9.90 Å². The van der Waals surface area contributed by atoms with Gasteiger partial charge in [-0.1, -0.05) is 44.2 Å². The fourth-order valence-corrected chi connectivity index (χ4v) is 4.55. The third kappa shape index (κ3) is 11.1. The second-order valence-electron chi connectivity index (χ2n) is 4.08. The monoisotopic (exact) mass is 296 g/mol. The van der Waals surface area contributed by atoms with Crippen LogP contribution in [0.4, 0.5) is 0 Å². The van der Waals surface area contributed by atoms with Crippen LogP contribution in [0.2, 0.25) is 0 Å². The summed E-state index contributed by atoms with van der Waals surface area (Å²) in [4.78, 5) is 19.9. The third-order valence-corrected chi connectivity index (χ3v) is 5.95. The standard InChI is InChI=1S/C9H17OPS2.C2H4O2/c1-7(9(10)11)3-2-4-8-5-6-12-13-8;1-2(3)4/h7-8H,2-6,11H2,1H3;1H3,(H,3,4). The zero-order chi connectivity index (χ0) is 13.3. The van der Waals surface area contributed by atoms with Crippen molar-refractivity contribution in [1.82, 2.24) is 0 Å². The van der Waals surface area contributed by atoms with Gasteiger partial charge in [-0.15, -0.1) is 0 Å². The van der Waals surface area contributed by atoms with Gasteiger partial charge in [0, 0.05) is 23.8 Å². The van der Waals surface area contributed by atoms with Gasteiger partial charge in [-0.3, -0.25) is 9.59 Å². The highest BCUT2D eigenvalue weighted by Crippen LogP contribution is 2.40. The molecular formula is C11H21O3PS2. The number of carbonyl (C=O) groups is 2. The van der Waals surface area contributed by atoms with Crippen LogP contribution >= 0.6 is 30.8 Å². The molecule has 0 amide bonds. The van der Waals surface area contributed by atoms with Crippen LogP contribution in [0, 0.1) is 5.92 Å². The maximum absolute atomic E-state index is 10.9. The molecule has 3 unspecified atom stereocenters. The summed E-state index contributed by atoms with van der Waals surface area (Å²) in [6.07, 6.45) is 4.92. The van der Waals surface area contributed by atoms with Crippen molar-refractivity contribution in [3.63, 3.8) is 0 Å². The molecule has 0 aliphatic carbocycles. The average Bonchev–Trinajstić information content (AvgIpc) is 2.69. The molecule has 100 valence electrons. The number of aliphatic carboxylic acids is 1. The van der Waals surface area contributed by atoms with Gasteiger partial charge in [0.25, 0.3) is 5.97 Å². The maximum atomic E-state index is 10.9. The first-order valence-electron chi connectivity index (χ1n) is 5.70. The fraction of sp³-hybridized carbons (Fsp3) is 0.818. The Balaban J connectivity index is 0.000000557. The molecule has 0 aromatic heterocycles. The molecule has 6 heteroatoms. The van der Waals surface area contributed by atoms with Gasteiger partial charge in [-0.05, 0) is 19.3 Å². The van der Waals surface area contributed by atoms with E-state index >= 15 is 0 Å². The topological polar surface area (TPSA) is 54.4 Å². The summed E-state index contributed by atoms with van der Waals surface area (Å²) in [6.45, 7) is 3.10. The van der Waals surface area contributed by atoms with Crippen LogP contribution in [0.25, 0.3) is 0 Å². The first-order valence-corrected chi connectivity index (χ1v) is 8.66. The minimum atomic E-state index is -0.833. The molecule has 1 aliphatic rings. The third-order valence-electron chi connectivity index (χ3n) is 2.38. The zero-order valence-electron chi connectivity index (χ0n) is 10.3. The van der Waals surface area contributed by atoms with Crippen LogP contribution in [-0.2, 0) is 9.59 Å². The van der Waals surface area contributed by atoms with Crippen LogP contribution in [0.15, 0.2) is 0 Å². The minimum absolute atomic E-state index is 0.240. The second-order valence-corrected chi connectivity index (χ2v) is 7.44. The molecule has 1 rings (SSSR count). The Morgan fingerprint density at radius 1 is 1.53 bits per heavy atom. The molecule has 1 fully saturated rings. The van der Waals surface area contributed by atoms with Gasteiger partial charge in [0.15, 0.2) is 5.52 Å². The Morgan fingerprint density at radius 2 is 2.12 bits per heavy atom. The lowest BCUT2D eigenvalue weighted by Crippen LogP contribution is -2.05. The van der Waals surface area contributed by atoms with E-state index in [0.717, 1.165) is 18.6 Å². The number of carboxylic acids is 1. The second kappa shape index (κ2) is 10.2. The van der Waals surface area contributed by atoms with Gasteiger partial charge in [-0.2, -0.15) is 0 Å². The van der Waals surface area contributed by atoms with E-state index in [9.17, 15) is 4.79 Å². The van der Waals surface area contributed by atoms with Crippen molar-refractivity contribution in [1.29, 1.82) is 0 Å². The molecule has 3 atom stereocenters. The van der Waals surface area contributed by atoms with Gasteiger partial charge in [0.05, 0.1) is 0 Å². The van der Waals surface area contributed by atoms with Crippen molar-refractivity contribution in [3.05, 3.63) is 0 Å². The Labute approximate surface area is 113 Å². The van der Waals surface area contributed by atoms with Gasteiger partial charge in [-0.25, -0.2) is 0 Å². The number of carbonyl (C=O) groups excluding carboxylic acids is 1. The molecule has 1 aliphatic heterocycles. The maximum Gasteiger partial charge on any atom is 0.300 e. The molecule has 0 bridgehead atoms. The van der Waals surface area contributed by atoms with Gasteiger partial charge in [0.2, 0.25) is 0 Å². The van der Waals surface area contributed by atoms with Crippen LogP contribution in [0.3, 0.4) is 0 Å². The van der Waals surface area contributed by atoms with Gasteiger partial charge < -0.3 is 5.11 Å². The molecule has 0 spiro atoms. The summed E-state index contributed by atoms with van der Waals surface area (Å²) in [5.41, 5.74) is 0.258. The highest BCUT2D eigenvalue weighted by Gasteiger charge is 2.16. The number of hydrogen-bond donors (Lipinski definition) is 1. The van der Waals surface area contributed by atoms with Gasteiger partial charge in [0.1, 0.15) is 0 Å². The zero-order valence-corrected chi connectivity index (χ0v) is 13.1. The van der Waals surface area contributed by atoms with Crippen molar-refractivity contribution >= 4 is 42.3 Å². The molecule has 0 aromatic rings. The van der Waals surface area contributed by atoms with Crippen molar-refractivity contribution in [2.24, 2.45) is 5.92 Å². The summed E-state index contributed by atoms with van der Waals surface area (Å²) in [5, 5.41) is 8.27. The van der Waals surface area contributed by atoms with Crippen LogP contribution in [-0.4, -0.2) is 27.6 Å². The van der Waals surface area contributed by atoms with Crippen molar-refractivity contribution in [2.75, 3.05) is 5.75 Å². The predicted molar refractivity (Wildman–Crippen MR) is 79.5 cm³/mol. The lowest BCUT2D eigenvalue weighted by molar-refractivity contribution is -0.134. The van der Waals surface area contributed by atoms with Crippen molar-refractivity contribution < 1.29 is 14.7 Å². The van der Waals surface area contributed by atoms with Crippen LogP contribution in [0.1, 0.15) is 39.5 Å². The Morgan fingerprint density at radius 3 is 2.53 bits per heavy atom. The number of rotatable bonds is 5. The first kappa shape index (κ1) is 17.3. The van der Waals surface area contributed by atoms with E-state index in [0.29, 0.717) is 0 Å². The molecule has 0 saturated carbocycles. The van der Waals surface area contributed by atoms with Gasteiger partial charge >= 0.3 is 0 Å². The molecule has 0 aromatic carbocycles. The Kier molecular flexibility index (Phi) is 10.4. The molecule has 1 saturated heterocycles. The SMILES string of the molecule is CC(=O)O.CC(CCCC1CCSS1)C(=O)P. The van der Waals surface area contributed by atoms with Crippen molar-refractivity contribution in [3.8, 4) is 0 Å².